The molecule has 0 saturated heterocycles. The summed E-state index contributed by atoms with van der Waals surface area (Å²) in [6.45, 7) is 2.59. The number of fused-ring (bicyclic) bond motifs is 1. The number of nitro benzene ring substituents is 1. The maximum Gasteiger partial charge on any atom is 0.329 e. The van der Waals surface area contributed by atoms with Crippen LogP contribution in [-0.4, -0.2) is 24.0 Å². The summed E-state index contributed by atoms with van der Waals surface area (Å²) in [7, 11) is 1.56. The maximum atomic E-state index is 12.2. The Labute approximate surface area is 151 Å². The fourth-order valence-electron chi connectivity index (χ4n) is 2.62. The van der Waals surface area contributed by atoms with E-state index in [1.54, 1.807) is 19.2 Å². The van der Waals surface area contributed by atoms with Crippen LogP contribution in [0.2, 0.25) is 0 Å². The molecular weight excluding hydrogens is 358 g/mol. The highest BCUT2D eigenvalue weighted by atomic mass is 32.2. The van der Waals surface area contributed by atoms with Crippen LogP contribution < -0.4 is 11.2 Å². The van der Waals surface area contributed by atoms with E-state index in [2.05, 4.69) is 9.97 Å². The molecule has 0 bridgehead atoms. The molecule has 26 heavy (non-hydrogen) atoms. The van der Waals surface area contributed by atoms with Crippen LogP contribution in [0.5, 0.6) is 0 Å². The lowest BCUT2D eigenvalue weighted by Gasteiger charge is -2.06. The van der Waals surface area contributed by atoms with Gasteiger partial charge in [0.1, 0.15) is 0 Å². The highest BCUT2D eigenvalue weighted by Crippen LogP contribution is 2.26. The van der Waals surface area contributed by atoms with Crippen molar-refractivity contribution in [2.45, 2.75) is 30.8 Å². The van der Waals surface area contributed by atoms with Crippen molar-refractivity contribution in [3.05, 3.63) is 60.8 Å². The Morgan fingerprint density at radius 1 is 1.27 bits per heavy atom. The van der Waals surface area contributed by atoms with Crippen LogP contribution in [0.3, 0.4) is 0 Å². The summed E-state index contributed by atoms with van der Waals surface area (Å²) >= 11 is 1.42. The van der Waals surface area contributed by atoms with Crippen LogP contribution in [0.1, 0.15) is 18.9 Å². The van der Waals surface area contributed by atoms with E-state index in [0.29, 0.717) is 28.6 Å². The van der Waals surface area contributed by atoms with Crippen LogP contribution in [0.15, 0.2) is 39.0 Å². The van der Waals surface area contributed by atoms with Crippen molar-refractivity contribution in [3.8, 4) is 0 Å². The summed E-state index contributed by atoms with van der Waals surface area (Å²) in [4.78, 5) is 41.1. The van der Waals surface area contributed by atoms with Crippen LogP contribution in [-0.2, 0) is 19.3 Å². The van der Waals surface area contributed by atoms with Gasteiger partial charge in [-0.3, -0.25) is 24.5 Å². The Morgan fingerprint density at radius 2 is 1.96 bits per heavy atom. The van der Waals surface area contributed by atoms with Gasteiger partial charge in [-0.25, -0.2) is 9.78 Å². The molecule has 0 spiro atoms. The Kier molecular flexibility index (Phi) is 4.94. The van der Waals surface area contributed by atoms with E-state index >= 15 is 0 Å². The minimum atomic E-state index is -0.504. The lowest BCUT2D eigenvalue weighted by atomic mass is 10.2. The number of rotatable bonds is 6. The number of nitrogens with zero attached hydrogens (tertiary/aromatic N) is 4. The first-order valence-corrected chi connectivity index (χ1v) is 8.96. The number of benzene rings is 1. The molecule has 0 unspecified atom stereocenters. The summed E-state index contributed by atoms with van der Waals surface area (Å²) < 4.78 is 3.13. The first-order valence-electron chi connectivity index (χ1n) is 7.98. The van der Waals surface area contributed by atoms with Gasteiger partial charge in [-0.15, -0.1) is 0 Å². The highest BCUT2D eigenvalue weighted by molar-refractivity contribution is 7.98. The number of nitrogens with one attached hydrogen (secondary N) is 1. The lowest BCUT2D eigenvalue weighted by Crippen LogP contribution is -2.29. The molecule has 0 aliphatic heterocycles. The molecule has 0 aliphatic rings. The van der Waals surface area contributed by atoms with E-state index < -0.39 is 16.2 Å². The SMILES string of the molecule is CCCn1c(SCc2ccc([N+](=O)[O-])cc2)nc2c1c(=O)[nH]c(=O)n2C. The van der Waals surface area contributed by atoms with Crippen LogP contribution in [0.25, 0.3) is 11.2 Å². The molecule has 1 N–H and O–H groups in total. The van der Waals surface area contributed by atoms with Crippen molar-refractivity contribution in [2.24, 2.45) is 7.05 Å². The van der Waals surface area contributed by atoms with Crippen LogP contribution in [0.4, 0.5) is 5.69 Å². The van der Waals surface area contributed by atoms with Gasteiger partial charge in [0.2, 0.25) is 0 Å². The maximum absolute atomic E-state index is 12.2. The molecule has 0 fully saturated rings. The average Bonchev–Trinajstić information content (AvgIpc) is 2.98. The van der Waals surface area contributed by atoms with Crippen LogP contribution >= 0.6 is 11.8 Å². The molecule has 2 heterocycles. The van der Waals surface area contributed by atoms with Gasteiger partial charge in [0.15, 0.2) is 16.3 Å². The second kappa shape index (κ2) is 7.16. The summed E-state index contributed by atoms with van der Waals surface area (Å²) in [5.74, 6) is 0.539. The summed E-state index contributed by atoms with van der Waals surface area (Å²) in [5.41, 5.74) is 0.706. The van der Waals surface area contributed by atoms with Gasteiger partial charge in [0.05, 0.1) is 4.92 Å². The average molecular weight is 375 g/mol. The topological polar surface area (TPSA) is 116 Å². The molecule has 1 aromatic carbocycles. The largest absolute Gasteiger partial charge is 0.329 e. The van der Waals surface area contributed by atoms with Crippen LogP contribution in [0, 0.1) is 10.1 Å². The number of nitro groups is 1. The molecule has 3 aromatic rings. The molecule has 0 radical (unpaired) electrons. The smallest absolute Gasteiger partial charge is 0.313 e. The molecule has 0 saturated carbocycles. The van der Waals surface area contributed by atoms with Crippen molar-refractivity contribution < 1.29 is 4.92 Å². The minimum absolute atomic E-state index is 0.0403. The standard InChI is InChI=1S/C16H17N5O4S/c1-3-8-20-12-13(19(2)15(23)18-14(12)22)17-16(20)26-9-10-4-6-11(7-5-10)21(24)25/h4-7H,3,8-9H2,1-2H3,(H,18,22,23). The van der Waals surface area contributed by atoms with Gasteiger partial charge < -0.3 is 4.57 Å². The molecule has 9 nitrogen and oxygen atoms in total. The molecule has 0 amide bonds. The second-order valence-electron chi connectivity index (χ2n) is 5.75. The number of aryl methyl sites for hydroxylation is 2. The van der Waals surface area contributed by atoms with Gasteiger partial charge in [-0.2, -0.15) is 0 Å². The molecule has 3 rings (SSSR count). The fraction of sp³-hybridized carbons (Fsp3) is 0.312. The number of thioether (sulfide) groups is 1. The first-order chi connectivity index (χ1) is 12.4. The van der Waals surface area contributed by atoms with Crippen molar-refractivity contribution in [1.29, 1.82) is 0 Å². The van der Waals surface area contributed by atoms with E-state index in [4.69, 9.17) is 0 Å². The Balaban J connectivity index is 1.96. The predicted octanol–water partition coefficient (Wildman–Crippen LogP) is 2.03. The fourth-order valence-corrected chi connectivity index (χ4v) is 3.60. The third-order valence-corrected chi connectivity index (χ3v) is 4.98. The molecule has 2 aromatic heterocycles. The number of imidazole rings is 1. The van der Waals surface area contributed by atoms with Gasteiger partial charge >= 0.3 is 5.69 Å². The highest BCUT2D eigenvalue weighted by Gasteiger charge is 2.17. The number of hydrogen-bond acceptors (Lipinski definition) is 6. The quantitative estimate of drug-likeness (QED) is 0.400. The zero-order valence-corrected chi connectivity index (χ0v) is 15.1. The monoisotopic (exact) mass is 375 g/mol. The van der Waals surface area contributed by atoms with E-state index in [0.717, 1.165) is 12.0 Å². The molecular formula is C16H17N5O4S. The number of non-ortho nitro benzene ring substituents is 1. The summed E-state index contributed by atoms with van der Waals surface area (Å²) in [6, 6.07) is 6.31. The third kappa shape index (κ3) is 3.27. The van der Waals surface area contributed by atoms with Gasteiger partial charge in [-0.1, -0.05) is 30.8 Å². The van der Waals surface area contributed by atoms with Crippen molar-refractivity contribution in [2.75, 3.05) is 0 Å². The predicted molar refractivity (Wildman–Crippen MR) is 98.5 cm³/mol. The van der Waals surface area contributed by atoms with Gasteiger partial charge in [-0.05, 0) is 12.0 Å². The zero-order chi connectivity index (χ0) is 18.8. The first kappa shape index (κ1) is 17.9. The third-order valence-electron chi connectivity index (χ3n) is 3.93. The molecule has 10 heteroatoms. The number of hydrogen-bond donors (Lipinski definition) is 1. The Bertz CT molecular complexity index is 1080. The Morgan fingerprint density at radius 3 is 2.58 bits per heavy atom. The zero-order valence-electron chi connectivity index (χ0n) is 14.3. The van der Waals surface area contributed by atoms with Gasteiger partial charge in [0.25, 0.3) is 11.2 Å². The van der Waals surface area contributed by atoms with Crippen molar-refractivity contribution in [1.82, 2.24) is 19.1 Å². The van der Waals surface area contributed by atoms with E-state index in [1.165, 1.54) is 28.5 Å². The van der Waals surface area contributed by atoms with Gasteiger partial charge in [0, 0.05) is 31.5 Å². The molecule has 136 valence electrons. The lowest BCUT2D eigenvalue weighted by molar-refractivity contribution is -0.384. The normalized spacial score (nSPS) is 11.2. The summed E-state index contributed by atoms with van der Waals surface area (Å²) in [6.07, 6.45) is 0.804. The van der Waals surface area contributed by atoms with E-state index in [-0.39, 0.29) is 5.69 Å². The molecule has 0 aliphatic carbocycles. The summed E-state index contributed by atoms with van der Waals surface area (Å²) in [5, 5.41) is 11.4. The van der Waals surface area contributed by atoms with E-state index in [1.807, 2.05) is 11.5 Å². The Hall–Kier alpha value is -2.88. The second-order valence-corrected chi connectivity index (χ2v) is 6.69. The minimum Gasteiger partial charge on any atom is -0.313 e. The number of aromatic nitrogens is 4. The van der Waals surface area contributed by atoms with E-state index in [9.17, 15) is 19.7 Å². The number of H-pyrrole nitrogens is 1. The molecule has 0 atom stereocenters. The van der Waals surface area contributed by atoms with Crippen molar-refractivity contribution in [3.63, 3.8) is 0 Å². The van der Waals surface area contributed by atoms with Crippen molar-refractivity contribution >= 4 is 28.6 Å². The number of aromatic amines is 1.